The minimum absolute atomic E-state index is 0.125. The van der Waals surface area contributed by atoms with Crippen molar-refractivity contribution in [3.8, 4) is 0 Å². The summed E-state index contributed by atoms with van der Waals surface area (Å²) < 4.78 is 0. The Labute approximate surface area is 138 Å². The fourth-order valence-electron chi connectivity index (χ4n) is 3.75. The van der Waals surface area contributed by atoms with Gasteiger partial charge in [-0.1, -0.05) is 31.2 Å². The van der Waals surface area contributed by atoms with Crippen molar-refractivity contribution >= 4 is 5.91 Å². The summed E-state index contributed by atoms with van der Waals surface area (Å²) in [5, 5.41) is 13.1. The van der Waals surface area contributed by atoms with Gasteiger partial charge in [-0.2, -0.15) is 0 Å². The highest BCUT2D eigenvalue weighted by Gasteiger charge is 2.25. The lowest BCUT2D eigenvalue weighted by molar-refractivity contribution is -0.122. The molecule has 1 saturated heterocycles. The topological polar surface area (TPSA) is 52.6 Å². The molecular formula is C19H28N2O2. The first-order valence-electron chi connectivity index (χ1n) is 8.91. The number of β-amino-alcohol motifs (C(OH)–C–C–N with tert-alkyl or cyclic N) is 1. The normalized spacial score (nSPS) is 28.2. The van der Waals surface area contributed by atoms with Gasteiger partial charge in [0.05, 0.1) is 12.1 Å². The van der Waals surface area contributed by atoms with Crippen LogP contribution in [0.1, 0.15) is 49.8 Å². The molecule has 23 heavy (non-hydrogen) atoms. The number of benzene rings is 1. The second-order valence-electron chi connectivity index (χ2n) is 7.10. The van der Waals surface area contributed by atoms with Gasteiger partial charge in [0.25, 0.3) is 0 Å². The summed E-state index contributed by atoms with van der Waals surface area (Å²) in [7, 11) is 0. The average molecular weight is 316 g/mol. The Hall–Kier alpha value is -1.39. The fourth-order valence-corrected chi connectivity index (χ4v) is 3.75. The zero-order valence-electron chi connectivity index (χ0n) is 14.0. The van der Waals surface area contributed by atoms with E-state index in [0.717, 1.165) is 38.8 Å². The number of likely N-dealkylation sites (tertiary alicyclic amines) is 1. The van der Waals surface area contributed by atoms with Crippen LogP contribution < -0.4 is 5.32 Å². The number of nitrogens with one attached hydrogen (secondary N) is 1. The molecule has 1 amide bonds. The van der Waals surface area contributed by atoms with Gasteiger partial charge in [-0.15, -0.1) is 0 Å². The number of nitrogens with zero attached hydrogens (tertiary/aromatic N) is 1. The van der Waals surface area contributed by atoms with E-state index in [0.29, 0.717) is 18.9 Å². The molecule has 2 aliphatic rings. The molecule has 0 bridgehead atoms. The number of aliphatic hydroxyl groups is 1. The molecule has 1 aliphatic heterocycles. The monoisotopic (exact) mass is 316 g/mol. The number of hydrogen-bond donors (Lipinski definition) is 2. The summed E-state index contributed by atoms with van der Waals surface area (Å²) in [6.07, 6.45) is 4.56. The van der Waals surface area contributed by atoms with Gasteiger partial charge >= 0.3 is 0 Å². The van der Waals surface area contributed by atoms with E-state index in [1.165, 1.54) is 11.1 Å². The molecule has 3 rings (SSSR count). The fraction of sp³-hybridized carbons (Fsp3) is 0.632. The SMILES string of the molecule is CC1CCN(CCC(=O)NC2CCCc3ccccc32)CC1O. The Bertz CT molecular complexity index is 546. The number of piperidine rings is 1. The summed E-state index contributed by atoms with van der Waals surface area (Å²) >= 11 is 0. The number of aliphatic hydroxyl groups excluding tert-OH is 1. The van der Waals surface area contributed by atoms with Crippen molar-refractivity contribution in [1.82, 2.24) is 10.2 Å². The van der Waals surface area contributed by atoms with E-state index in [9.17, 15) is 9.90 Å². The summed E-state index contributed by atoms with van der Waals surface area (Å²) in [4.78, 5) is 14.5. The van der Waals surface area contributed by atoms with E-state index < -0.39 is 0 Å². The number of rotatable bonds is 4. The molecule has 126 valence electrons. The highest BCUT2D eigenvalue weighted by Crippen LogP contribution is 2.29. The number of hydrogen-bond acceptors (Lipinski definition) is 3. The molecule has 0 saturated carbocycles. The van der Waals surface area contributed by atoms with Gasteiger partial charge < -0.3 is 15.3 Å². The lowest BCUT2D eigenvalue weighted by atomic mass is 9.87. The zero-order valence-corrected chi connectivity index (χ0v) is 14.0. The molecule has 1 heterocycles. The minimum atomic E-state index is -0.253. The highest BCUT2D eigenvalue weighted by atomic mass is 16.3. The smallest absolute Gasteiger partial charge is 0.221 e. The maximum absolute atomic E-state index is 12.3. The van der Waals surface area contributed by atoms with E-state index in [2.05, 4.69) is 41.4 Å². The van der Waals surface area contributed by atoms with Gasteiger partial charge in [0, 0.05) is 19.5 Å². The van der Waals surface area contributed by atoms with Crippen LogP contribution in [0.3, 0.4) is 0 Å². The number of aryl methyl sites for hydroxylation is 1. The number of carbonyl (C=O) groups excluding carboxylic acids is 1. The first-order chi connectivity index (χ1) is 11.1. The Morgan fingerprint density at radius 2 is 2.17 bits per heavy atom. The van der Waals surface area contributed by atoms with Crippen molar-refractivity contribution in [2.45, 2.75) is 51.2 Å². The molecule has 0 radical (unpaired) electrons. The number of amides is 1. The summed E-state index contributed by atoms with van der Waals surface area (Å²) in [6.45, 7) is 4.51. The molecule has 2 N–H and O–H groups in total. The zero-order chi connectivity index (χ0) is 16.2. The maximum Gasteiger partial charge on any atom is 0.221 e. The average Bonchev–Trinajstić information content (AvgIpc) is 2.56. The van der Waals surface area contributed by atoms with Gasteiger partial charge in [0.2, 0.25) is 5.91 Å². The molecule has 0 spiro atoms. The van der Waals surface area contributed by atoms with Crippen molar-refractivity contribution in [3.63, 3.8) is 0 Å². The van der Waals surface area contributed by atoms with E-state index in [-0.39, 0.29) is 18.1 Å². The first-order valence-corrected chi connectivity index (χ1v) is 8.91. The molecule has 1 fully saturated rings. The van der Waals surface area contributed by atoms with Gasteiger partial charge in [0.15, 0.2) is 0 Å². The maximum atomic E-state index is 12.3. The Kier molecular flexibility index (Phi) is 5.34. The van der Waals surface area contributed by atoms with Crippen molar-refractivity contribution in [2.75, 3.05) is 19.6 Å². The lowest BCUT2D eigenvalue weighted by Crippen LogP contribution is -2.44. The predicted octanol–water partition coefficient (Wildman–Crippen LogP) is 2.27. The third-order valence-electron chi connectivity index (χ3n) is 5.36. The third-order valence-corrected chi connectivity index (χ3v) is 5.36. The molecule has 1 aliphatic carbocycles. The van der Waals surface area contributed by atoms with Crippen LogP contribution in [0.2, 0.25) is 0 Å². The predicted molar refractivity (Wildman–Crippen MR) is 91.1 cm³/mol. The molecule has 3 unspecified atom stereocenters. The van der Waals surface area contributed by atoms with E-state index >= 15 is 0 Å². The summed E-state index contributed by atoms with van der Waals surface area (Å²) in [6, 6.07) is 8.61. The second-order valence-corrected chi connectivity index (χ2v) is 7.10. The third kappa shape index (κ3) is 4.12. The lowest BCUT2D eigenvalue weighted by Gasteiger charge is -2.34. The molecular weight excluding hydrogens is 288 g/mol. The summed E-state index contributed by atoms with van der Waals surface area (Å²) in [5.74, 6) is 0.499. The van der Waals surface area contributed by atoms with Crippen molar-refractivity contribution in [3.05, 3.63) is 35.4 Å². The quantitative estimate of drug-likeness (QED) is 0.896. The van der Waals surface area contributed by atoms with E-state index in [1.54, 1.807) is 0 Å². The Balaban J connectivity index is 1.49. The van der Waals surface area contributed by atoms with Crippen molar-refractivity contribution in [1.29, 1.82) is 0 Å². The van der Waals surface area contributed by atoms with Crippen LogP contribution in [-0.4, -0.2) is 41.7 Å². The first kappa shape index (κ1) is 16.5. The number of fused-ring (bicyclic) bond motifs is 1. The highest BCUT2D eigenvalue weighted by molar-refractivity contribution is 5.76. The Morgan fingerprint density at radius 1 is 1.35 bits per heavy atom. The largest absolute Gasteiger partial charge is 0.392 e. The van der Waals surface area contributed by atoms with Crippen LogP contribution in [0.25, 0.3) is 0 Å². The van der Waals surface area contributed by atoms with Crippen LogP contribution in [-0.2, 0) is 11.2 Å². The van der Waals surface area contributed by atoms with E-state index in [1.807, 2.05) is 0 Å². The molecule has 0 aromatic heterocycles. The van der Waals surface area contributed by atoms with Crippen molar-refractivity contribution in [2.24, 2.45) is 5.92 Å². The van der Waals surface area contributed by atoms with Crippen LogP contribution >= 0.6 is 0 Å². The van der Waals surface area contributed by atoms with Gasteiger partial charge in [0.1, 0.15) is 0 Å². The van der Waals surface area contributed by atoms with Gasteiger partial charge in [-0.05, 0) is 49.3 Å². The van der Waals surface area contributed by atoms with Gasteiger partial charge in [-0.3, -0.25) is 4.79 Å². The van der Waals surface area contributed by atoms with E-state index in [4.69, 9.17) is 0 Å². The minimum Gasteiger partial charge on any atom is -0.392 e. The van der Waals surface area contributed by atoms with Crippen LogP contribution in [0, 0.1) is 5.92 Å². The molecule has 1 aromatic carbocycles. The second kappa shape index (κ2) is 7.45. The molecule has 4 heteroatoms. The Morgan fingerprint density at radius 3 is 3.00 bits per heavy atom. The van der Waals surface area contributed by atoms with Crippen LogP contribution in [0.15, 0.2) is 24.3 Å². The standard InChI is InChI=1S/C19H28N2O2/c1-14-9-11-21(13-18(14)22)12-10-19(23)20-17-8-4-6-15-5-2-3-7-16(15)17/h2-3,5,7,14,17-18,22H,4,6,8-13H2,1H3,(H,20,23). The van der Waals surface area contributed by atoms with Crippen LogP contribution in [0.4, 0.5) is 0 Å². The molecule has 1 aromatic rings. The van der Waals surface area contributed by atoms with Crippen molar-refractivity contribution < 1.29 is 9.90 Å². The molecule has 3 atom stereocenters. The van der Waals surface area contributed by atoms with Gasteiger partial charge in [-0.25, -0.2) is 0 Å². The summed E-state index contributed by atoms with van der Waals surface area (Å²) in [5.41, 5.74) is 2.66. The number of carbonyl (C=O) groups is 1. The van der Waals surface area contributed by atoms with Crippen LogP contribution in [0.5, 0.6) is 0 Å². The molecule has 4 nitrogen and oxygen atoms in total.